The second-order valence-corrected chi connectivity index (χ2v) is 8.58. The third-order valence-electron chi connectivity index (χ3n) is 4.56. The van der Waals surface area contributed by atoms with Gasteiger partial charge in [0, 0.05) is 5.56 Å². The number of halogens is 3. The minimum atomic E-state index is -0.327. The van der Waals surface area contributed by atoms with Gasteiger partial charge in [-0.25, -0.2) is 4.39 Å². The fourth-order valence-electron chi connectivity index (χ4n) is 3.04. The first-order chi connectivity index (χ1) is 15.5. The molecule has 0 spiro atoms. The van der Waals surface area contributed by atoms with E-state index in [4.69, 9.17) is 23.2 Å². The highest BCUT2D eigenvalue weighted by atomic mass is 35.5. The van der Waals surface area contributed by atoms with Gasteiger partial charge in [0.1, 0.15) is 5.82 Å². The van der Waals surface area contributed by atoms with E-state index in [1.54, 1.807) is 30.3 Å². The molecule has 0 atom stereocenters. The van der Waals surface area contributed by atoms with Gasteiger partial charge in [-0.1, -0.05) is 71.4 Å². The second kappa shape index (κ2) is 10.2. The zero-order chi connectivity index (χ0) is 22.5. The van der Waals surface area contributed by atoms with Crippen molar-refractivity contribution in [1.82, 2.24) is 14.8 Å². The Bertz CT molecular complexity index is 1210. The van der Waals surface area contributed by atoms with Crippen LogP contribution < -0.4 is 5.32 Å². The van der Waals surface area contributed by atoms with Crippen LogP contribution in [0.15, 0.2) is 78.0 Å². The van der Waals surface area contributed by atoms with Gasteiger partial charge in [-0.15, -0.1) is 10.2 Å². The molecular formula is C23H17Cl2FN4OS. The molecule has 0 aliphatic heterocycles. The fraction of sp³-hybridized carbons (Fsp3) is 0.0870. The summed E-state index contributed by atoms with van der Waals surface area (Å²) in [5.74, 6) is 0.0682. The van der Waals surface area contributed by atoms with Gasteiger partial charge in [0.25, 0.3) is 0 Å². The number of benzene rings is 3. The molecule has 1 heterocycles. The van der Waals surface area contributed by atoms with Crippen molar-refractivity contribution in [1.29, 1.82) is 0 Å². The highest BCUT2D eigenvalue weighted by Crippen LogP contribution is 2.30. The summed E-state index contributed by atoms with van der Waals surface area (Å²) in [7, 11) is 0. The number of rotatable bonds is 7. The van der Waals surface area contributed by atoms with Gasteiger partial charge < -0.3 is 5.32 Å². The number of thioether (sulfide) groups is 1. The summed E-state index contributed by atoms with van der Waals surface area (Å²) in [4.78, 5) is 12.5. The van der Waals surface area contributed by atoms with Crippen LogP contribution in [0.25, 0.3) is 11.4 Å². The zero-order valence-corrected chi connectivity index (χ0v) is 19.0. The quantitative estimate of drug-likeness (QED) is 0.317. The Morgan fingerprint density at radius 2 is 1.62 bits per heavy atom. The van der Waals surface area contributed by atoms with Crippen molar-refractivity contribution in [2.24, 2.45) is 0 Å². The number of nitrogens with one attached hydrogen (secondary N) is 1. The van der Waals surface area contributed by atoms with Crippen LogP contribution in [0.3, 0.4) is 0 Å². The highest BCUT2D eigenvalue weighted by molar-refractivity contribution is 7.99. The van der Waals surface area contributed by atoms with E-state index >= 15 is 0 Å². The van der Waals surface area contributed by atoms with Gasteiger partial charge in [-0.2, -0.15) is 0 Å². The molecule has 32 heavy (non-hydrogen) atoms. The first kappa shape index (κ1) is 22.3. The average molecular weight is 487 g/mol. The normalized spacial score (nSPS) is 10.8. The maximum atomic E-state index is 13.4. The third kappa shape index (κ3) is 5.30. The molecule has 9 heteroatoms. The summed E-state index contributed by atoms with van der Waals surface area (Å²) in [5, 5.41) is 12.6. The molecule has 0 unspecified atom stereocenters. The van der Waals surface area contributed by atoms with Gasteiger partial charge >= 0.3 is 0 Å². The van der Waals surface area contributed by atoms with E-state index in [0.717, 1.165) is 11.1 Å². The lowest BCUT2D eigenvalue weighted by atomic mass is 10.2. The highest BCUT2D eigenvalue weighted by Gasteiger charge is 2.17. The minimum absolute atomic E-state index is 0.0812. The van der Waals surface area contributed by atoms with Crippen molar-refractivity contribution in [2.45, 2.75) is 11.7 Å². The van der Waals surface area contributed by atoms with E-state index in [0.29, 0.717) is 33.3 Å². The lowest BCUT2D eigenvalue weighted by Gasteiger charge is -2.11. The van der Waals surface area contributed by atoms with Crippen molar-refractivity contribution in [3.8, 4) is 11.4 Å². The lowest BCUT2D eigenvalue weighted by Crippen LogP contribution is -2.15. The molecule has 0 bridgehead atoms. The number of amides is 1. The van der Waals surface area contributed by atoms with Gasteiger partial charge in [0.15, 0.2) is 11.0 Å². The second-order valence-electron chi connectivity index (χ2n) is 6.82. The number of nitrogens with zero attached hydrogens (tertiary/aromatic N) is 3. The Labute approximate surface area is 198 Å². The average Bonchev–Trinajstić information content (AvgIpc) is 3.18. The predicted octanol–water partition coefficient (Wildman–Crippen LogP) is 6.17. The van der Waals surface area contributed by atoms with E-state index < -0.39 is 0 Å². The topological polar surface area (TPSA) is 59.8 Å². The standard InChI is InChI=1S/C23H17Cl2FN4OS/c24-18-7-4-8-19(25)21(18)27-20(31)14-32-23-29-28-22(16-9-11-17(26)12-10-16)30(23)13-15-5-2-1-3-6-15/h1-12H,13-14H2,(H,27,31). The largest absolute Gasteiger partial charge is 0.323 e. The first-order valence-electron chi connectivity index (χ1n) is 9.61. The Hall–Kier alpha value is -2.87. The number of anilines is 1. The number of hydrogen-bond acceptors (Lipinski definition) is 4. The number of para-hydroxylation sites is 1. The molecule has 0 radical (unpaired) electrons. The van der Waals surface area contributed by atoms with Gasteiger partial charge in [0.05, 0.1) is 28.0 Å². The zero-order valence-electron chi connectivity index (χ0n) is 16.6. The van der Waals surface area contributed by atoms with Crippen LogP contribution in [0.5, 0.6) is 0 Å². The van der Waals surface area contributed by atoms with Gasteiger partial charge in [0.2, 0.25) is 5.91 Å². The van der Waals surface area contributed by atoms with Crippen molar-refractivity contribution < 1.29 is 9.18 Å². The van der Waals surface area contributed by atoms with Crippen LogP contribution in [0, 0.1) is 5.82 Å². The van der Waals surface area contributed by atoms with Crippen LogP contribution >= 0.6 is 35.0 Å². The monoisotopic (exact) mass is 486 g/mol. The molecule has 4 rings (SSSR count). The van der Waals surface area contributed by atoms with Gasteiger partial charge in [-0.3, -0.25) is 9.36 Å². The number of hydrogen-bond donors (Lipinski definition) is 1. The summed E-state index contributed by atoms with van der Waals surface area (Å²) in [6.07, 6.45) is 0. The Balaban J connectivity index is 1.56. The molecule has 162 valence electrons. The van der Waals surface area contributed by atoms with Crippen LogP contribution in [0.4, 0.5) is 10.1 Å². The Morgan fingerprint density at radius 3 is 2.31 bits per heavy atom. The van der Waals surface area contributed by atoms with Crippen molar-refractivity contribution in [2.75, 3.05) is 11.1 Å². The number of carbonyl (C=O) groups excluding carboxylic acids is 1. The van der Waals surface area contributed by atoms with E-state index in [-0.39, 0.29) is 17.5 Å². The first-order valence-corrected chi connectivity index (χ1v) is 11.3. The van der Waals surface area contributed by atoms with Crippen LogP contribution in [-0.4, -0.2) is 26.4 Å². The lowest BCUT2D eigenvalue weighted by molar-refractivity contribution is -0.113. The Morgan fingerprint density at radius 1 is 0.938 bits per heavy atom. The molecule has 3 aromatic carbocycles. The van der Waals surface area contributed by atoms with Crippen LogP contribution in [0.1, 0.15) is 5.56 Å². The molecule has 0 fully saturated rings. The molecule has 0 aliphatic rings. The van der Waals surface area contributed by atoms with E-state index in [2.05, 4.69) is 15.5 Å². The summed E-state index contributed by atoms with van der Waals surface area (Å²) in [6, 6.07) is 20.9. The smallest absolute Gasteiger partial charge is 0.234 e. The van der Waals surface area contributed by atoms with Crippen molar-refractivity contribution in [3.05, 3.63) is 94.2 Å². The molecule has 0 aliphatic carbocycles. The molecule has 0 saturated carbocycles. The van der Waals surface area contributed by atoms with Crippen molar-refractivity contribution >= 4 is 46.6 Å². The van der Waals surface area contributed by atoms with Crippen LogP contribution in [0.2, 0.25) is 10.0 Å². The molecule has 1 aromatic heterocycles. The Kier molecular flexibility index (Phi) is 7.09. The molecule has 5 nitrogen and oxygen atoms in total. The molecule has 0 saturated heterocycles. The number of aromatic nitrogens is 3. The molecular weight excluding hydrogens is 470 g/mol. The molecule has 4 aromatic rings. The van der Waals surface area contributed by atoms with Crippen molar-refractivity contribution in [3.63, 3.8) is 0 Å². The maximum absolute atomic E-state index is 13.4. The van der Waals surface area contributed by atoms with E-state index in [9.17, 15) is 9.18 Å². The van der Waals surface area contributed by atoms with Gasteiger partial charge in [-0.05, 0) is 42.0 Å². The maximum Gasteiger partial charge on any atom is 0.234 e. The summed E-state index contributed by atoms with van der Waals surface area (Å²) >= 11 is 13.5. The number of carbonyl (C=O) groups is 1. The molecule has 1 N–H and O–H groups in total. The predicted molar refractivity (Wildman–Crippen MR) is 127 cm³/mol. The van der Waals surface area contributed by atoms with Crippen LogP contribution in [-0.2, 0) is 11.3 Å². The van der Waals surface area contributed by atoms with E-state index in [1.165, 1.54) is 23.9 Å². The summed E-state index contributed by atoms with van der Waals surface area (Å²) < 4.78 is 15.3. The summed E-state index contributed by atoms with van der Waals surface area (Å²) in [6.45, 7) is 0.501. The SMILES string of the molecule is O=C(CSc1nnc(-c2ccc(F)cc2)n1Cc1ccccc1)Nc1c(Cl)cccc1Cl. The van der Waals surface area contributed by atoms with E-state index in [1.807, 2.05) is 34.9 Å². The minimum Gasteiger partial charge on any atom is -0.323 e. The third-order valence-corrected chi connectivity index (χ3v) is 6.16. The molecule has 1 amide bonds. The fourth-order valence-corrected chi connectivity index (χ4v) is 4.27. The summed E-state index contributed by atoms with van der Waals surface area (Å²) in [5.41, 5.74) is 2.15.